The van der Waals surface area contributed by atoms with Crippen molar-refractivity contribution >= 4 is 15.9 Å². The van der Waals surface area contributed by atoms with E-state index < -0.39 is 6.36 Å². The molecule has 0 amide bonds. The van der Waals surface area contributed by atoms with E-state index in [-0.39, 0.29) is 16.3 Å². The zero-order valence-corrected chi connectivity index (χ0v) is 12.6. The molecule has 2 aromatic rings. The highest BCUT2D eigenvalue weighted by molar-refractivity contribution is 9.10. The summed E-state index contributed by atoms with van der Waals surface area (Å²) in [6.45, 7) is 1.86. The monoisotopic (exact) mass is 360 g/mol. The number of halogens is 4. The van der Waals surface area contributed by atoms with Crippen LogP contribution in [0.15, 0.2) is 53.0 Å². The van der Waals surface area contributed by atoms with Crippen molar-refractivity contribution in [3.8, 4) is 11.5 Å². The first-order chi connectivity index (χ1) is 9.85. The minimum absolute atomic E-state index is 0.178. The molecule has 21 heavy (non-hydrogen) atoms. The fourth-order valence-electron chi connectivity index (χ4n) is 1.76. The van der Waals surface area contributed by atoms with Gasteiger partial charge in [0.25, 0.3) is 0 Å². The van der Waals surface area contributed by atoms with Crippen LogP contribution in [0.25, 0.3) is 0 Å². The van der Waals surface area contributed by atoms with Gasteiger partial charge in [-0.1, -0.05) is 30.3 Å². The number of benzene rings is 2. The predicted octanol–water partition coefficient (Wildman–Crippen LogP) is 5.49. The summed E-state index contributed by atoms with van der Waals surface area (Å²) in [7, 11) is 0. The summed E-state index contributed by atoms with van der Waals surface area (Å²) in [6, 6.07) is 13.6. The third-order valence-corrected chi connectivity index (χ3v) is 3.33. The molecule has 0 saturated carbocycles. The first kappa shape index (κ1) is 15.7. The molecule has 6 heteroatoms. The fourth-order valence-corrected chi connectivity index (χ4v) is 2.20. The smallest absolute Gasteiger partial charge is 0.486 e. The quantitative estimate of drug-likeness (QED) is 0.717. The molecule has 1 atom stereocenters. The number of alkyl halides is 3. The van der Waals surface area contributed by atoms with Crippen molar-refractivity contribution in [2.75, 3.05) is 0 Å². The molecule has 0 radical (unpaired) electrons. The Balaban J connectivity index is 2.10. The van der Waals surface area contributed by atoms with Crippen molar-refractivity contribution < 1.29 is 22.6 Å². The molecule has 2 nitrogen and oxygen atoms in total. The van der Waals surface area contributed by atoms with E-state index in [1.807, 2.05) is 37.3 Å². The van der Waals surface area contributed by atoms with Crippen LogP contribution < -0.4 is 9.47 Å². The molecule has 0 spiro atoms. The lowest BCUT2D eigenvalue weighted by Crippen LogP contribution is -2.17. The van der Waals surface area contributed by atoms with Gasteiger partial charge in [-0.3, -0.25) is 0 Å². The largest absolute Gasteiger partial charge is 0.573 e. The minimum atomic E-state index is -4.72. The van der Waals surface area contributed by atoms with Crippen LogP contribution in [0.4, 0.5) is 13.2 Å². The first-order valence-electron chi connectivity index (χ1n) is 6.12. The van der Waals surface area contributed by atoms with Crippen molar-refractivity contribution in [2.45, 2.75) is 19.4 Å². The Bertz CT molecular complexity index is 600. The van der Waals surface area contributed by atoms with E-state index in [2.05, 4.69) is 20.7 Å². The Morgan fingerprint density at radius 2 is 1.71 bits per heavy atom. The summed E-state index contributed by atoms with van der Waals surface area (Å²) in [5, 5.41) is 0. The molecule has 2 aromatic carbocycles. The highest BCUT2D eigenvalue weighted by Crippen LogP contribution is 2.34. The van der Waals surface area contributed by atoms with Crippen LogP contribution in [0.3, 0.4) is 0 Å². The SMILES string of the molecule is CC(Oc1ccc(OC(F)(F)F)c(Br)c1)c1ccccc1. The zero-order valence-electron chi connectivity index (χ0n) is 11.0. The summed E-state index contributed by atoms with van der Waals surface area (Å²) in [6.07, 6.45) is -4.94. The molecule has 0 N–H and O–H groups in total. The zero-order chi connectivity index (χ0) is 15.5. The molecule has 0 heterocycles. The lowest BCUT2D eigenvalue weighted by molar-refractivity contribution is -0.274. The van der Waals surface area contributed by atoms with Gasteiger partial charge in [0.1, 0.15) is 17.6 Å². The summed E-state index contributed by atoms with van der Waals surface area (Å²) >= 11 is 3.04. The average molecular weight is 361 g/mol. The van der Waals surface area contributed by atoms with Gasteiger partial charge in [-0.15, -0.1) is 13.2 Å². The summed E-state index contributed by atoms with van der Waals surface area (Å²) < 4.78 is 46.3. The molecule has 0 bridgehead atoms. The summed E-state index contributed by atoms with van der Waals surface area (Å²) in [4.78, 5) is 0. The highest BCUT2D eigenvalue weighted by atomic mass is 79.9. The summed E-state index contributed by atoms with van der Waals surface area (Å²) in [5.74, 6) is 0.148. The van der Waals surface area contributed by atoms with Crippen LogP contribution in [0.2, 0.25) is 0 Å². The summed E-state index contributed by atoms with van der Waals surface area (Å²) in [5.41, 5.74) is 0.976. The van der Waals surface area contributed by atoms with E-state index in [1.165, 1.54) is 18.2 Å². The predicted molar refractivity (Wildman–Crippen MR) is 76.3 cm³/mol. The number of rotatable bonds is 4. The second-order valence-corrected chi connectivity index (χ2v) is 5.17. The second-order valence-electron chi connectivity index (χ2n) is 4.31. The number of hydrogen-bond donors (Lipinski definition) is 0. The van der Waals surface area contributed by atoms with Gasteiger partial charge in [0.15, 0.2) is 0 Å². The van der Waals surface area contributed by atoms with Crippen LogP contribution >= 0.6 is 15.9 Å². The van der Waals surface area contributed by atoms with Gasteiger partial charge in [0.05, 0.1) is 4.47 Å². The molecule has 0 saturated heterocycles. The Hall–Kier alpha value is -1.69. The maximum absolute atomic E-state index is 12.2. The van der Waals surface area contributed by atoms with Gasteiger partial charge in [0.2, 0.25) is 0 Å². The number of hydrogen-bond acceptors (Lipinski definition) is 2. The van der Waals surface area contributed by atoms with E-state index >= 15 is 0 Å². The van der Waals surface area contributed by atoms with Gasteiger partial charge in [-0.05, 0) is 46.6 Å². The molecule has 0 aliphatic rings. The third-order valence-electron chi connectivity index (χ3n) is 2.71. The molecular formula is C15H12BrF3O2. The molecule has 0 aromatic heterocycles. The number of ether oxygens (including phenoxy) is 2. The fraction of sp³-hybridized carbons (Fsp3) is 0.200. The molecule has 0 aliphatic heterocycles. The molecule has 2 rings (SSSR count). The van der Waals surface area contributed by atoms with E-state index in [4.69, 9.17) is 4.74 Å². The van der Waals surface area contributed by atoms with E-state index in [0.29, 0.717) is 5.75 Å². The Labute approximate surface area is 128 Å². The molecule has 0 fully saturated rings. The van der Waals surface area contributed by atoms with E-state index in [9.17, 15) is 13.2 Å². The molecule has 0 aliphatic carbocycles. The van der Waals surface area contributed by atoms with Crippen molar-refractivity contribution in [1.29, 1.82) is 0 Å². The van der Waals surface area contributed by atoms with Crippen LogP contribution in [-0.4, -0.2) is 6.36 Å². The van der Waals surface area contributed by atoms with Gasteiger partial charge in [-0.25, -0.2) is 0 Å². The van der Waals surface area contributed by atoms with Crippen molar-refractivity contribution in [3.05, 3.63) is 58.6 Å². The topological polar surface area (TPSA) is 18.5 Å². The van der Waals surface area contributed by atoms with E-state index in [0.717, 1.165) is 5.56 Å². The molecular weight excluding hydrogens is 349 g/mol. The van der Waals surface area contributed by atoms with Crippen LogP contribution in [0.5, 0.6) is 11.5 Å². The molecule has 112 valence electrons. The normalized spacial score (nSPS) is 12.8. The minimum Gasteiger partial charge on any atom is -0.486 e. The van der Waals surface area contributed by atoms with Crippen LogP contribution in [0.1, 0.15) is 18.6 Å². The maximum Gasteiger partial charge on any atom is 0.573 e. The molecule has 1 unspecified atom stereocenters. The standard InChI is InChI=1S/C15H12BrF3O2/c1-10(11-5-3-2-4-6-11)20-12-7-8-14(13(16)9-12)21-15(17,18)19/h2-10H,1H3. The Morgan fingerprint density at radius 1 is 1.05 bits per heavy atom. The highest BCUT2D eigenvalue weighted by Gasteiger charge is 2.32. The lowest BCUT2D eigenvalue weighted by Gasteiger charge is -2.16. The lowest BCUT2D eigenvalue weighted by atomic mass is 10.1. The second kappa shape index (κ2) is 6.39. The first-order valence-corrected chi connectivity index (χ1v) is 6.91. The average Bonchev–Trinajstić information content (AvgIpc) is 2.41. The van der Waals surface area contributed by atoms with E-state index in [1.54, 1.807) is 0 Å². The van der Waals surface area contributed by atoms with Crippen LogP contribution in [-0.2, 0) is 0 Å². The maximum atomic E-state index is 12.2. The van der Waals surface area contributed by atoms with Gasteiger partial charge in [-0.2, -0.15) is 0 Å². The third kappa shape index (κ3) is 4.67. The van der Waals surface area contributed by atoms with Crippen LogP contribution in [0, 0.1) is 0 Å². The Kier molecular flexibility index (Phi) is 4.77. The van der Waals surface area contributed by atoms with Crippen molar-refractivity contribution in [1.82, 2.24) is 0 Å². The Morgan fingerprint density at radius 3 is 2.29 bits per heavy atom. The van der Waals surface area contributed by atoms with Gasteiger partial charge >= 0.3 is 6.36 Å². The van der Waals surface area contributed by atoms with Crippen molar-refractivity contribution in [3.63, 3.8) is 0 Å². The van der Waals surface area contributed by atoms with Crippen molar-refractivity contribution in [2.24, 2.45) is 0 Å². The van der Waals surface area contributed by atoms with Gasteiger partial charge < -0.3 is 9.47 Å². The van der Waals surface area contributed by atoms with Gasteiger partial charge in [0, 0.05) is 0 Å².